The maximum absolute atomic E-state index is 10.6. The Kier molecular flexibility index (Phi) is 3.79. The smallest absolute Gasteiger partial charge is 0.124 e. The molecule has 1 saturated carbocycles. The Bertz CT molecular complexity index is 397. The van der Waals surface area contributed by atoms with E-state index >= 15 is 0 Å². The highest BCUT2D eigenvalue weighted by Gasteiger charge is 2.38. The van der Waals surface area contributed by atoms with E-state index in [4.69, 9.17) is 4.74 Å². The molecule has 0 amide bonds. The number of ether oxygens (including phenoxy) is 1. The van der Waals surface area contributed by atoms with Crippen molar-refractivity contribution in [2.45, 2.75) is 38.7 Å². The first kappa shape index (κ1) is 12.9. The Hall–Kier alpha value is -0.540. The van der Waals surface area contributed by atoms with Crippen LogP contribution < -0.4 is 4.74 Å². The largest absolute Gasteiger partial charge is 0.496 e. The number of methoxy groups -OCH3 is 1. The Labute approximate surface area is 111 Å². The molecule has 1 aliphatic carbocycles. The Morgan fingerprint density at radius 1 is 1.35 bits per heavy atom. The summed E-state index contributed by atoms with van der Waals surface area (Å²) in [5.74, 6) is 0.772. The molecule has 17 heavy (non-hydrogen) atoms. The summed E-state index contributed by atoms with van der Waals surface area (Å²) >= 11 is 3.45. The third-order valence-electron chi connectivity index (χ3n) is 3.89. The van der Waals surface area contributed by atoms with E-state index < -0.39 is 6.10 Å². The zero-order valence-corrected chi connectivity index (χ0v) is 12.0. The molecule has 2 nitrogen and oxygen atoms in total. The van der Waals surface area contributed by atoms with E-state index in [1.54, 1.807) is 7.11 Å². The summed E-state index contributed by atoms with van der Waals surface area (Å²) in [6, 6.07) is 5.81. The third-order valence-corrected chi connectivity index (χ3v) is 4.39. The van der Waals surface area contributed by atoms with Gasteiger partial charge in [-0.15, -0.1) is 0 Å². The number of hydrogen-bond donors (Lipinski definition) is 1. The zero-order valence-electron chi connectivity index (χ0n) is 10.4. The second-order valence-corrected chi connectivity index (χ2v) is 6.07. The van der Waals surface area contributed by atoms with Gasteiger partial charge in [0.2, 0.25) is 0 Å². The molecular weight excluding hydrogens is 280 g/mol. The molecule has 0 bridgehead atoms. The molecule has 1 atom stereocenters. The summed E-state index contributed by atoms with van der Waals surface area (Å²) in [7, 11) is 1.65. The lowest BCUT2D eigenvalue weighted by molar-refractivity contribution is 0.0388. The minimum atomic E-state index is -0.447. The number of aliphatic hydroxyl groups is 1. The topological polar surface area (TPSA) is 29.5 Å². The first-order chi connectivity index (χ1) is 8.07. The lowest BCUT2D eigenvalue weighted by Gasteiger charge is -2.31. The SMILES string of the molecule is COc1ccc(Br)cc1C(O)C1(C)CCCC1. The average molecular weight is 299 g/mol. The number of rotatable bonds is 3. The second kappa shape index (κ2) is 4.99. The molecule has 94 valence electrons. The van der Waals surface area contributed by atoms with Gasteiger partial charge in [-0.25, -0.2) is 0 Å². The highest BCUT2D eigenvalue weighted by Crippen LogP contribution is 2.49. The van der Waals surface area contributed by atoms with Gasteiger partial charge in [0.25, 0.3) is 0 Å². The van der Waals surface area contributed by atoms with Crippen LogP contribution in [0.25, 0.3) is 0 Å². The quantitative estimate of drug-likeness (QED) is 0.911. The predicted octanol–water partition coefficient (Wildman–Crippen LogP) is 4.07. The molecule has 2 rings (SSSR count). The normalized spacial score (nSPS) is 20.2. The van der Waals surface area contributed by atoms with Crippen molar-refractivity contribution < 1.29 is 9.84 Å². The molecule has 3 heteroatoms. The summed E-state index contributed by atoms with van der Waals surface area (Å²) < 4.78 is 6.33. The van der Waals surface area contributed by atoms with Gasteiger partial charge in [0.05, 0.1) is 13.2 Å². The van der Waals surface area contributed by atoms with Gasteiger partial charge in [0.15, 0.2) is 0 Å². The van der Waals surface area contributed by atoms with Gasteiger partial charge in [-0.05, 0) is 36.5 Å². The van der Waals surface area contributed by atoms with E-state index in [1.165, 1.54) is 12.8 Å². The van der Waals surface area contributed by atoms with E-state index in [9.17, 15) is 5.11 Å². The number of benzene rings is 1. The van der Waals surface area contributed by atoms with Crippen LogP contribution in [0.15, 0.2) is 22.7 Å². The minimum Gasteiger partial charge on any atom is -0.496 e. The molecule has 1 aromatic carbocycles. The predicted molar refractivity (Wildman–Crippen MR) is 72.2 cm³/mol. The van der Waals surface area contributed by atoms with Crippen molar-refractivity contribution in [3.63, 3.8) is 0 Å². The molecule has 1 aliphatic rings. The maximum atomic E-state index is 10.6. The molecule has 0 aromatic heterocycles. The van der Waals surface area contributed by atoms with Gasteiger partial charge in [0.1, 0.15) is 5.75 Å². The van der Waals surface area contributed by atoms with E-state index in [-0.39, 0.29) is 5.41 Å². The molecule has 0 saturated heterocycles. The van der Waals surface area contributed by atoms with Crippen LogP contribution in [0, 0.1) is 5.41 Å². The van der Waals surface area contributed by atoms with E-state index in [0.717, 1.165) is 28.6 Å². The van der Waals surface area contributed by atoms with E-state index in [0.29, 0.717) is 0 Å². The Morgan fingerprint density at radius 3 is 2.59 bits per heavy atom. The number of aliphatic hydroxyl groups excluding tert-OH is 1. The van der Waals surface area contributed by atoms with E-state index in [2.05, 4.69) is 22.9 Å². The molecule has 0 radical (unpaired) electrons. The van der Waals surface area contributed by atoms with Crippen molar-refractivity contribution in [3.05, 3.63) is 28.2 Å². The van der Waals surface area contributed by atoms with Crippen molar-refractivity contribution >= 4 is 15.9 Å². The number of halogens is 1. The molecule has 0 aliphatic heterocycles. The molecular formula is C14H19BrO2. The summed E-state index contributed by atoms with van der Waals surface area (Å²) in [6.07, 6.45) is 4.15. The monoisotopic (exact) mass is 298 g/mol. The first-order valence-electron chi connectivity index (χ1n) is 6.08. The van der Waals surface area contributed by atoms with Gasteiger partial charge < -0.3 is 9.84 Å². The van der Waals surface area contributed by atoms with Crippen LogP contribution in [-0.4, -0.2) is 12.2 Å². The van der Waals surface area contributed by atoms with Gasteiger partial charge >= 0.3 is 0 Å². The molecule has 0 heterocycles. The second-order valence-electron chi connectivity index (χ2n) is 5.15. The molecule has 1 aromatic rings. The van der Waals surface area contributed by atoms with E-state index in [1.807, 2.05) is 18.2 Å². The average Bonchev–Trinajstić information content (AvgIpc) is 2.76. The maximum Gasteiger partial charge on any atom is 0.124 e. The summed E-state index contributed by atoms with van der Waals surface area (Å²) in [4.78, 5) is 0. The summed E-state index contributed by atoms with van der Waals surface area (Å²) in [5, 5.41) is 10.6. The molecule has 1 N–H and O–H groups in total. The molecule has 1 unspecified atom stereocenters. The lowest BCUT2D eigenvalue weighted by atomic mass is 9.79. The fourth-order valence-electron chi connectivity index (χ4n) is 2.75. The van der Waals surface area contributed by atoms with Crippen molar-refractivity contribution in [2.75, 3.05) is 7.11 Å². The number of hydrogen-bond acceptors (Lipinski definition) is 2. The van der Waals surface area contributed by atoms with Crippen molar-refractivity contribution in [3.8, 4) is 5.75 Å². The van der Waals surface area contributed by atoms with Gasteiger partial charge in [-0.3, -0.25) is 0 Å². The molecule has 1 fully saturated rings. The van der Waals surface area contributed by atoms with Crippen LogP contribution >= 0.6 is 15.9 Å². The fraction of sp³-hybridized carbons (Fsp3) is 0.571. The van der Waals surface area contributed by atoms with Gasteiger partial charge in [0, 0.05) is 10.0 Å². The van der Waals surface area contributed by atoms with Crippen LogP contribution in [0.3, 0.4) is 0 Å². The van der Waals surface area contributed by atoms with Crippen LogP contribution in [0.2, 0.25) is 0 Å². The first-order valence-corrected chi connectivity index (χ1v) is 6.88. The van der Waals surface area contributed by atoms with Crippen molar-refractivity contribution in [1.82, 2.24) is 0 Å². The summed E-state index contributed by atoms with van der Waals surface area (Å²) in [6.45, 7) is 2.17. The minimum absolute atomic E-state index is 0.00588. The van der Waals surface area contributed by atoms with Gasteiger partial charge in [-0.2, -0.15) is 0 Å². The Morgan fingerprint density at radius 2 is 2.00 bits per heavy atom. The van der Waals surface area contributed by atoms with Crippen LogP contribution in [0.4, 0.5) is 0 Å². The van der Waals surface area contributed by atoms with Crippen molar-refractivity contribution in [1.29, 1.82) is 0 Å². The summed E-state index contributed by atoms with van der Waals surface area (Å²) in [5.41, 5.74) is 0.889. The van der Waals surface area contributed by atoms with Crippen LogP contribution in [0.5, 0.6) is 5.75 Å². The third kappa shape index (κ3) is 2.50. The molecule has 0 spiro atoms. The fourth-order valence-corrected chi connectivity index (χ4v) is 3.13. The van der Waals surface area contributed by atoms with Crippen LogP contribution in [0.1, 0.15) is 44.3 Å². The van der Waals surface area contributed by atoms with Crippen molar-refractivity contribution in [2.24, 2.45) is 5.41 Å². The highest BCUT2D eigenvalue weighted by atomic mass is 79.9. The Balaban J connectivity index is 2.35. The van der Waals surface area contributed by atoms with Crippen LogP contribution in [-0.2, 0) is 0 Å². The van der Waals surface area contributed by atoms with Gasteiger partial charge in [-0.1, -0.05) is 35.7 Å². The standard InChI is InChI=1S/C14H19BrO2/c1-14(7-3-4-8-14)13(16)11-9-10(15)5-6-12(11)17-2/h5-6,9,13,16H,3-4,7-8H2,1-2H3. The lowest BCUT2D eigenvalue weighted by Crippen LogP contribution is -2.22. The highest BCUT2D eigenvalue weighted by molar-refractivity contribution is 9.10. The zero-order chi connectivity index (χ0) is 12.5.